The second kappa shape index (κ2) is 7.09. The van der Waals surface area contributed by atoms with Gasteiger partial charge < -0.3 is 19.5 Å². The van der Waals surface area contributed by atoms with Crippen molar-refractivity contribution in [2.24, 2.45) is 7.05 Å². The zero-order valence-corrected chi connectivity index (χ0v) is 15.3. The van der Waals surface area contributed by atoms with Gasteiger partial charge in [0.1, 0.15) is 11.6 Å². The standard InChI is InChI=1S/C19H25N5O2/c1-22-11-9-21-18(22)16-13-20-8-12-23(16)15-7-10-24(19(15)25)14-5-3-4-6-17(14)26-2/h3-6,9,11,15-16,20H,7-8,10,12-13H2,1-2H3. The molecule has 2 atom stereocenters. The van der Waals surface area contributed by atoms with E-state index in [1.54, 1.807) is 7.11 Å². The summed E-state index contributed by atoms with van der Waals surface area (Å²) in [7, 11) is 3.65. The van der Waals surface area contributed by atoms with Crippen LogP contribution < -0.4 is 15.0 Å². The molecule has 1 N–H and O–H groups in total. The third kappa shape index (κ3) is 2.87. The van der Waals surface area contributed by atoms with Crippen LogP contribution in [0.3, 0.4) is 0 Å². The van der Waals surface area contributed by atoms with Gasteiger partial charge in [-0.05, 0) is 18.6 Å². The van der Waals surface area contributed by atoms with Crippen LogP contribution >= 0.6 is 0 Å². The Bertz CT molecular complexity index is 790. The number of imidazole rings is 1. The lowest BCUT2D eigenvalue weighted by Gasteiger charge is -2.38. The highest BCUT2D eigenvalue weighted by Crippen LogP contribution is 2.34. The number of carbonyl (C=O) groups excluding carboxylic acids is 1. The predicted octanol–water partition coefficient (Wildman–Crippen LogP) is 1.18. The molecule has 2 aliphatic heterocycles. The molecule has 4 rings (SSSR count). The summed E-state index contributed by atoms with van der Waals surface area (Å²) in [5.41, 5.74) is 0.853. The Morgan fingerprint density at radius 3 is 2.85 bits per heavy atom. The lowest BCUT2D eigenvalue weighted by atomic mass is 10.1. The molecule has 3 heterocycles. The van der Waals surface area contributed by atoms with Crippen LogP contribution in [-0.4, -0.2) is 59.7 Å². The van der Waals surface area contributed by atoms with Crippen LogP contribution in [0.5, 0.6) is 5.75 Å². The first kappa shape index (κ1) is 17.1. The summed E-state index contributed by atoms with van der Waals surface area (Å²) >= 11 is 0. The summed E-state index contributed by atoms with van der Waals surface area (Å²) in [6.45, 7) is 3.25. The number of hydrogen-bond acceptors (Lipinski definition) is 5. The van der Waals surface area contributed by atoms with E-state index >= 15 is 0 Å². The Morgan fingerprint density at radius 1 is 1.23 bits per heavy atom. The van der Waals surface area contributed by atoms with Crippen molar-refractivity contribution in [1.29, 1.82) is 0 Å². The molecule has 2 unspecified atom stereocenters. The molecule has 0 spiro atoms. The molecule has 2 aliphatic rings. The maximum Gasteiger partial charge on any atom is 0.244 e. The van der Waals surface area contributed by atoms with Crippen LogP contribution in [0, 0.1) is 0 Å². The topological polar surface area (TPSA) is 62.6 Å². The van der Waals surface area contributed by atoms with Crippen LogP contribution in [-0.2, 0) is 11.8 Å². The number of nitrogens with one attached hydrogen (secondary N) is 1. The Kier molecular flexibility index (Phi) is 4.65. The number of nitrogens with zero attached hydrogens (tertiary/aromatic N) is 4. The molecule has 2 aromatic rings. The molecule has 0 aliphatic carbocycles. The fraction of sp³-hybridized carbons (Fsp3) is 0.474. The van der Waals surface area contributed by atoms with E-state index in [9.17, 15) is 4.79 Å². The quantitative estimate of drug-likeness (QED) is 0.892. The number of rotatable bonds is 4. The van der Waals surface area contributed by atoms with Gasteiger partial charge in [0.05, 0.1) is 24.9 Å². The first-order chi connectivity index (χ1) is 12.7. The number of piperazine rings is 1. The molecular formula is C19H25N5O2. The molecule has 0 saturated carbocycles. The SMILES string of the molecule is COc1ccccc1N1CCC(N2CCNCC2c2nccn2C)C1=O. The molecule has 7 nitrogen and oxygen atoms in total. The Labute approximate surface area is 153 Å². The molecule has 1 amide bonds. The smallest absolute Gasteiger partial charge is 0.244 e. The maximum atomic E-state index is 13.3. The van der Waals surface area contributed by atoms with Gasteiger partial charge in [0.25, 0.3) is 0 Å². The molecule has 1 aromatic carbocycles. The molecule has 138 valence electrons. The first-order valence-electron chi connectivity index (χ1n) is 9.09. The third-order valence-corrected chi connectivity index (χ3v) is 5.39. The maximum absolute atomic E-state index is 13.3. The summed E-state index contributed by atoms with van der Waals surface area (Å²) in [4.78, 5) is 22.0. The molecule has 2 fully saturated rings. The average molecular weight is 355 g/mol. The van der Waals surface area contributed by atoms with Crippen molar-refractivity contribution in [2.45, 2.75) is 18.5 Å². The van der Waals surface area contributed by atoms with Crippen molar-refractivity contribution in [2.75, 3.05) is 38.2 Å². The molecule has 26 heavy (non-hydrogen) atoms. The van der Waals surface area contributed by atoms with E-state index in [0.29, 0.717) is 6.54 Å². The number of anilines is 1. The Balaban J connectivity index is 1.60. The van der Waals surface area contributed by atoms with E-state index in [1.807, 2.05) is 53.2 Å². The lowest BCUT2D eigenvalue weighted by Crippen LogP contribution is -2.53. The van der Waals surface area contributed by atoms with Gasteiger partial charge in [-0.25, -0.2) is 4.98 Å². The molecule has 2 saturated heterocycles. The lowest BCUT2D eigenvalue weighted by molar-refractivity contribution is -0.123. The number of methoxy groups -OCH3 is 1. The number of aromatic nitrogens is 2. The largest absolute Gasteiger partial charge is 0.495 e. The van der Waals surface area contributed by atoms with Crippen molar-refractivity contribution >= 4 is 11.6 Å². The number of benzene rings is 1. The Morgan fingerprint density at radius 2 is 2.08 bits per heavy atom. The van der Waals surface area contributed by atoms with Gasteiger partial charge in [0.2, 0.25) is 5.91 Å². The van der Waals surface area contributed by atoms with Gasteiger partial charge in [0, 0.05) is 45.6 Å². The van der Waals surface area contributed by atoms with Gasteiger partial charge in [-0.3, -0.25) is 9.69 Å². The zero-order valence-electron chi connectivity index (χ0n) is 15.3. The monoisotopic (exact) mass is 355 g/mol. The second-order valence-corrected chi connectivity index (χ2v) is 6.82. The number of amides is 1. The number of hydrogen-bond donors (Lipinski definition) is 1. The summed E-state index contributed by atoms with van der Waals surface area (Å²) in [6.07, 6.45) is 4.59. The van der Waals surface area contributed by atoms with Crippen molar-refractivity contribution in [1.82, 2.24) is 19.8 Å². The van der Waals surface area contributed by atoms with E-state index in [2.05, 4.69) is 15.2 Å². The van der Waals surface area contributed by atoms with Gasteiger partial charge >= 0.3 is 0 Å². The normalized spacial score (nSPS) is 24.2. The van der Waals surface area contributed by atoms with Crippen molar-refractivity contribution in [3.63, 3.8) is 0 Å². The number of para-hydroxylation sites is 2. The molecule has 0 bridgehead atoms. The number of carbonyl (C=O) groups is 1. The van der Waals surface area contributed by atoms with E-state index in [-0.39, 0.29) is 18.0 Å². The van der Waals surface area contributed by atoms with E-state index in [4.69, 9.17) is 4.74 Å². The summed E-state index contributed by atoms with van der Waals surface area (Å²) in [5.74, 6) is 1.89. The summed E-state index contributed by atoms with van der Waals surface area (Å²) < 4.78 is 7.50. The van der Waals surface area contributed by atoms with Crippen molar-refractivity contribution < 1.29 is 9.53 Å². The Hall–Kier alpha value is -2.38. The second-order valence-electron chi connectivity index (χ2n) is 6.82. The first-order valence-corrected chi connectivity index (χ1v) is 9.09. The summed E-state index contributed by atoms with van der Waals surface area (Å²) in [5, 5.41) is 3.44. The highest BCUT2D eigenvalue weighted by molar-refractivity contribution is 6.00. The van der Waals surface area contributed by atoms with Crippen LogP contribution in [0.25, 0.3) is 0 Å². The van der Waals surface area contributed by atoms with Crippen molar-refractivity contribution in [3.05, 3.63) is 42.5 Å². The fourth-order valence-electron chi connectivity index (χ4n) is 4.10. The van der Waals surface area contributed by atoms with Gasteiger partial charge in [-0.2, -0.15) is 0 Å². The van der Waals surface area contributed by atoms with Crippen LogP contribution in [0.4, 0.5) is 5.69 Å². The van der Waals surface area contributed by atoms with Crippen LogP contribution in [0.15, 0.2) is 36.7 Å². The van der Waals surface area contributed by atoms with Gasteiger partial charge in [-0.1, -0.05) is 12.1 Å². The minimum Gasteiger partial charge on any atom is -0.495 e. The van der Waals surface area contributed by atoms with E-state index in [1.165, 1.54) is 0 Å². The summed E-state index contributed by atoms with van der Waals surface area (Å²) in [6, 6.07) is 7.71. The highest BCUT2D eigenvalue weighted by Gasteiger charge is 2.42. The number of aryl methyl sites for hydroxylation is 1. The minimum atomic E-state index is -0.122. The molecule has 1 aromatic heterocycles. The van der Waals surface area contributed by atoms with Crippen molar-refractivity contribution in [3.8, 4) is 5.75 Å². The van der Waals surface area contributed by atoms with Crippen LogP contribution in [0.2, 0.25) is 0 Å². The minimum absolute atomic E-state index is 0.107. The van der Waals surface area contributed by atoms with Gasteiger partial charge in [-0.15, -0.1) is 0 Å². The molecule has 7 heteroatoms. The van der Waals surface area contributed by atoms with Crippen LogP contribution in [0.1, 0.15) is 18.3 Å². The number of ether oxygens (including phenoxy) is 1. The molecule has 0 radical (unpaired) electrons. The van der Waals surface area contributed by atoms with Gasteiger partial charge in [0.15, 0.2) is 0 Å². The predicted molar refractivity (Wildman–Crippen MR) is 99.3 cm³/mol. The third-order valence-electron chi connectivity index (χ3n) is 5.39. The van der Waals surface area contributed by atoms with E-state index in [0.717, 1.165) is 43.3 Å². The average Bonchev–Trinajstić information content (AvgIpc) is 3.27. The molecular weight excluding hydrogens is 330 g/mol. The van der Waals surface area contributed by atoms with E-state index < -0.39 is 0 Å². The fourth-order valence-corrected chi connectivity index (χ4v) is 4.10. The zero-order chi connectivity index (χ0) is 18.1. The highest BCUT2D eigenvalue weighted by atomic mass is 16.5.